The minimum Gasteiger partial charge on any atom is -0.436 e. The van der Waals surface area contributed by atoms with Gasteiger partial charge in [0.15, 0.2) is 11.6 Å². The van der Waals surface area contributed by atoms with Crippen molar-refractivity contribution in [2.24, 2.45) is 0 Å². The van der Waals surface area contributed by atoms with Crippen molar-refractivity contribution in [3.05, 3.63) is 42.2 Å². The fourth-order valence-corrected chi connectivity index (χ4v) is 2.48. The second kappa shape index (κ2) is 6.77. The van der Waals surface area contributed by atoms with Crippen LogP contribution in [0.4, 0.5) is 14.6 Å². The normalized spacial score (nSPS) is 14.6. The lowest BCUT2D eigenvalue weighted by molar-refractivity contribution is -0.129. The van der Waals surface area contributed by atoms with Crippen molar-refractivity contribution in [2.75, 3.05) is 31.1 Å². The van der Waals surface area contributed by atoms with Gasteiger partial charge in [-0.05, 0) is 12.1 Å². The van der Waals surface area contributed by atoms with E-state index in [1.165, 1.54) is 12.4 Å². The van der Waals surface area contributed by atoms with Crippen molar-refractivity contribution in [1.82, 2.24) is 14.9 Å². The van der Waals surface area contributed by atoms with E-state index < -0.39 is 11.6 Å². The average molecular weight is 334 g/mol. The number of piperazine rings is 1. The van der Waals surface area contributed by atoms with Crippen LogP contribution in [0.2, 0.25) is 0 Å². The number of ether oxygens (including phenoxy) is 1. The molecular formula is C16H16F2N4O2. The molecule has 6 nitrogen and oxygen atoms in total. The topological polar surface area (TPSA) is 58.6 Å². The van der Waals surface area contributed by atoms with E-state index in [0.29, 0.717) is 32.0 Å². The number of nitrogens with zero attached hydrogens (tertiary/aromatic N) is 4. The van der Waals surface area contributed by atoms with Gasteiger partial charge in [-0.2, -0.15) is 0 Å². The van der Waals surface area contributed by atoms with Crippen LogP contribution in [0.25, 0.3) is 0 Å². The van der Waals surface area contributed by atoms with Gasteiger partial charge < -0.3 is 14.5 Å². The van der Waals surface area contributed by atoms with E-state index >= 15 is 0 Å². The molecule has 24 heavy (non-hydrogen) atoms. The fraction of sp³-hybridized carbons (Fsp3) is 0.312. The molecule has 1 saturated heterocycles. The number of hydrogen-bond acceptors (Lipinski definition) is 5. The van der Waals surface area contributed by atoms with E-state index in [4.69, 9.17) is 4.74 Å². The van der Waals surface area contributed by atoms with Gasteiger partial charge in [-0.15, -0.1) is 0 Å². The molecule has 0 bridgehead atoms. The summed E-state index contributed by atoms with van der Waals surface area (Å²) in [6, 6.07) is 4.66. The van der Waals surface area contributed by atoms with Gasteiger partial charge in [-0.25, -0.2) is 18.7 Å². The van der Waals surface area contributed by atoms with Crippen molar-refractivity contribution in [3.8, 4) is 11.6 Å². The second-order valence-corrected chi connectivity index (χ2v) is 5.38. The highest BCUT2D eigenvalue weighted by molar-refractivity contribution is 5.73. The van der Waals surface area contributed by atoms with E-state index in [-0.39, 0.29) is 17.5 Å². The van der Waals surface area contributed by atoms with Gasteiger partial charge in [-0.1, -0.05) is 0 Å². The summed E-state index contributed by atoms with van der Waals surface area (Å²) in [4.78, 5) is 23.3. The van der Waals surface area contributed by atoms with Crippen molar-refractivity contribution < 1.29 is 18.3 Å². The van der Waals surface area contributed by atoms with Gasteiger partial charge in [0.25, 0.3) is 0 Å². The maximum atomic E-state index is 13.7. The van der Waals surface area contributed by atoms with Crippen molar-refractivity contribution in [1.29, 1.82) is 0 Å². The van der Waals surface area contributed by atoms with Crippen LogP contribution in [-0.2, 0) is 4.79 Å². The van der Waals surface area contributed by atoms with Gasteiger partial charge in [0.05, 0.1) is 0 Å². The Morgan fingerprint density at radius 2 is 1.88 bits per heavy atom. The van der Waals surface area contributed by atoms with Crippen LogP contribution in [-0.4, -0.2) is 47.0 Å². The molecule has 0 spiro atoms. The maximum absolute atomic E-state index is 13.7. The van der Waals surface area contributed by atoms with Gasteiger partial charge in [0, 0.05) is 45.2 Å². The fourth-order valence-electron chi connectivity index (χ4n) is 2.48. The van der Waals surface area contributed by atoms with Crippen LogP contribution in [0.5, 0.6) is 11.6 Å². The number of carbonyl (C=O) groups excluding carboxylic acids is 1. The molecule has 0 N–H and O–H groups in total. The van der Waals surface area contributed by atoms with Crippen molar-refractivity contribution >= 4 is 11.7 Å². The first kappa shape index (κ1) is 16.1. The average Bonchev–Trinajstić information content (AvgIpc) is 2.58. The van der Waals surface area contributed by atoms with Crippen LogP contribution in [0, 0.1) is 11.6 Å². The highest BCUT2D eigenvalue weighted by Crippen LogP contribution is 2.25. The third kappa shape index (κ3) is 3.58. The van der Waals surface area contributed by atoms with Crippen molar-refractivity contribution in [3.63, 3.8) is 0 Å². The zero-order chi connectivity index (χ0) is 17.1. The molecule has 0 atom stereocenters. The number of carbonyl (C=O) groups is 1. The number of amides is 1. The molecular weight excluding hydrogens is 318 g/mol. The number of hydrogen-bond donors (Lipinski definition) is 0. The summed E-state index contributed by atoms with van der Waals surface area (Å²) < 4.78 is 32.0. The first-order valence-electron chi connectivity index (χ1n) is 7.48. The van der Waals surface area contributed by atoms with E-state index in [2.05, 4.69) is 9.97 Å². The molecule has 1 aromatic heterocycles. The van der Waals surface area contributed by atoms with Crippen LogP contribution < -0.4 is 9.64 Å². The summed E-state index contributed by atoms with van der Waals surface area (Å²) in [5.74, 6) is -0.738. The van der Waals surface area contributed by atoms with Crippen LogP contribution in [0.15, 0.2) is 30.6 Å². The van der Waals surface area contributed by atoms with E-state index in [0.717, 1.165) is 12.1 Å². The Morgan fingerprint density at radius 3 is 2.54 bits per heavy atom. The molecule has 1 aromatic carbocycles. The third-order valence-electron chi connectivity index (χ3n) is 3.79. The predicted molar refractivity (Wildman–Crippen MR) is 82.9 cm³/mol. The molecule has 1 amide bonds. The van der Waals surface area contributed by atoms with Gasteiger partial charge >= 0.3 is 0 Å². The van der Waals surface area contributed by atoms with Gasteiger partial charge in [0.2, 0.25) is 11.8 Å². The lowest BCUT2D eigenvalue weighted by Gasteiger charge is -2.34. The standard InChI is InChI=1S/C16H16F2N4O2/c1-11(23)21-4-6-22(7-5-21)15-9-16(20-10-19-15)24-14-3-2-12(17)8-13(14)18/h2-3,8-10H,4-7H2,1H3. The largest absolute Gasteiger partial charge is 0.436 e. The van der Waals surface area contributed by atoms with E-state index in [1.807, 2.05) is 4.90 Å². The molecule has 2 aromatic rings. The zero-order valence-corrected chi connectivity index (χ0v) is 13.1. The molecule has 0 aliphatic carbocycles. The first-order chi connectivity index (χ1) is 11.5. The Labute approximate surface area is 137 Å². The Hall–Kier alpha value is -2.77. The second-order valence-electron chi connectivity index (χ2n) is 5.38. The highest BCUT2D eigenvalue weighted by Gasteiger charge is 2.20. The number of aromatic nitrogens is 2. The number of benzene rings is 1. The smallest absolute Gasteiger partial charge is 0.224 e. The summed E-state index contributed by atoms with van der Waals surface area (Å²) in [6.45, 7) is 4.05. The monoisotopic (exact) mass is 334 g/mol. The third-order valence-corrected chi connectivity index (χ3v) is 3.79. The number of rotatable bonds is 3. The van der Waals surface area contributed by atoms with Gasteiger partial charge in [0.1, 0.15) is 18.0 Å². The molecule has 1 aliphatic rings. The molecule has 8 heteroatoms. The van der Waals surface area contributed by atoms with Crippen LogP contribution in [0.1, 0.15) is 6.92 Å². The van der Waals surface area contributed by atoms with Crippen LogP contribution >= 0.6 is 0 Å². The quantitative estimate of drug-likeness (QED) is 0.861. The Kier molecular flexibility index (Phi) is 4.54. The SMILES string of the molecule is CC(=O)N1CCN(c2cc(Oc3ccc(F)cc3F)ncn2)CC1. The predicted octanol–water partition coefficient (Wildman–Crippen LogP) is 2.22. The lowest BCUT2D eigenvalue weighted by Crippen LogP contribution is -2.48. The molecule has 0 unspecified atom stereocenters. The van der Waals surface area contributed by atoms with Crippen molar-refractivity contribution in [2.45, 2.75) is 6.92 Å². The molecule has 3 rings (SSSR count). The zero-order valence-electron chi connectivity index (χ0n) is 13.1. The highest BCUT2D eigenvalue weighted by atomic mass is 19.1. The Balaban J connectivity index is 1.71. The summed E-state index contributed by atoms with van der Waals surface area (Å²) in [6.07, 6.45) is 1.32. The van der Waals surface area contributed by atoms with Crippen LogP contribution in [0.3, 0.4) is 0 Å². The maximum Gasteiger partial charge on any atom is 0.224 e. The Morgan fingerprint density at radius 1 is 1.12 bits per heavy atom. The molecule has 0 saturated carbocycles. The summed E-state index contributed by atoms with van der Waals surface area (Å²) in [5, 5.41) is 0. The molecule has 126 valence electrons. The lowest BCUT2D eigenvalue weighted by atomic mass is 10.3. The van der Waals surface area contributed by atoms with Gasteiger partial charge in [-0.3, -0.25) is 4.79 Å². The van der Waals surface area contributed by atoms with E-state index in [9.17, 15) is 13.6 Å². The summed E-state index contributed by atoms with van der Waals surface area (Å²) in [7, 11) is 0. The minimum atomic E-state index is -0.801. The molecule has 2 heterocycles. The molecule has 1 fully saturated rings. The molecule has 1 aliphatic heterocycles. The Bertz CT molecular complexity index is 749. The summed E-state index contributed by atoms with van der Waals surface area (Å²) >= 11 is 0. The first-order valence-corrected chi connectivity index (χ1v) is 7.48. The minimum absolute atomic E-state index is 0.0492. The molecule has 0 radical (unpaired) electrons. The number of anilines is 1. The van der Waals surface area contributed by atoms with E-state index in [1.54, 1.807) is 17.9 Å². The number of halogens is 2. The summed E-state index contributed by atoms with van der Waals surface area (Å²) in [5.41, 5.74) is 0.